The molecule has 4 bridgehead atoms. The van der Waals surface area contributed by atoms with Crippen molar-refractivity contribution < 1.29 is 97.2 Å². The van der Waals surface area contributed by atoms with E-state index in [0.717, 1.165) is 40.8 Å². The number of rotatable bonds is 22. The molecule has 7 rings (SSSR count). The standard InChI is InChI=1S/C68H96N12O22/c1-10-36(4)52-61(92)78-55-42-20-22-43(23-21-42)101-40(8)68(98,34-69-27-15-28-70-47(82)18-14-19-48(83)71-31-46-57(88)58(89)65(102-46)80-29-25-50(85)74-67(80)97)26-24-49(84)72-32-51(86)99-33-44(66(96)100-39(7)54(63(94)75-52)77-59(90)37(5)56(87)35(2)3)73-62(93)53(38(6)81)76-60(91)45(79(9)64(55)95)30-41-16-12-11-13-17-41/h11-13,16-17,20-26,29,35-40,44-46,52-58,65,69,81,87-89,98H,10,14-15,18-19,27-28,30-34H2,1-9H3,(H,70,82)(H,71,83)(H,72,84)(H,73,93)(H,75,94)(H,76,91)(H,77,90)(H,78,92)(H,74,85,97)/b26-24+/t36-,37+,38+,39+,40-,44-,45-,46+,52+,53+,54-,55-,56+,57+,58+,65+,68+/m0/s1. The van der Waals surface area contributed by atoms with E-state index in [9.17, 15) is 78.3 Å². The maximum Gasteiger partial charge on any atom is 0.332 e. The molecule has 17 atom stereocenters. The number of aromatic amines is 1. The predicted molar refractivity (Wildman–Crippen MR) is 361 cm³/mol. The van der Waals surface area contributed by atoms with Gasteiger partial charge in [-0.2, -0.15) is 0 Å². The van der Waals surface area contributed by atoms with Crippen LogP contribution >= 0.6 is 0 Å². The summed E-state index contributed by atoms with van der Waals surface area (Å²) in [6.07, 6.45) is -8.03. The highest BCUT2D eigenvalue weighted by Gasteiger charge is 2.45. The number of hydrogen-bond donors (Lipinski definition) is 15. The van der Waals surface area contributed by atoms with Crippen molar-refractivity contribution in [2.75, 3.05) is 46.4 Å². The number of benzene rings is 2. The number of aromatic nitrogens is 2. The van der Waals surface area contributed by atoms with Crippen molar-refractivity contribution in [1.29, 1.82) is 0 Å². The van der Waals surface area contributed by atoms with Gasteiger partial charge in [0.15, 0.2) is 12.3 Å². The zero-order valence-corrected chi connectivity index (χ0v) is 58.4. The molecule has 2 saturated heterocycles. The first-order valence-corrected chi connectivity index (χ1v) is 33.8. The van der Waals surface area contributed by atoms with Crippen LogP contribution in [0.5, 0.6) is 5.75 Å². The summed E-state index contributed by atoms with van der Waals surface area (Å²) in [5.41, 5.74) is -3.02. The zero-order valence-electron chi connectivity index (χ0n) is 58.4. The summed E-state index contributed by atoms with van der Waals surface area (Å²) in [6.45, 7) is 9.65. The number of aliphatic hydroxyl groups excluding tert-OH is 4. The van der Waals surface area contributed by atoms with Crippen molar-refractivity contribution in [3.63, 3.8) is 0 Å². The molecule has 2 aromatic carbocycles. The number of esters is 2. The van der Waals surface area contributed by atoms with Crippen molar-refractivity contribution in [2.45, 2.75) is 185 Å². The second-order valence-electron chi connectivity index (χ2n) is 26.1. The van der Waals surface area contributed by atoms with E-state index in [1.807, 2.05) is 4.98 Å². The molecule has 3 aromatic rings. The van der Waals surface area contributed by atoms with E-state index in [1.165, 1.54) is 52.1 Å². The number of amides is 9. The largest absolute Gasteiger partial charge is 0.487 e. The van der Waals surface area contributed by atoms with Gasteiger partial charge in [0.1, 0.15) is 85.2 Å². The zero-order chi connectivity index (χ0) is 75.3. The number of carbonyl (C=O) groups excluding carboxylic acids is 11. The number of hydrogen-bond acceptors (Lipinski definition) is 23. The number of likely N-dealkylation sites (N-methyl/N-ethyl adjacent to an activating group) is 1. The lowest BCUT2D eigenvalue weighted by Crippen LogP contribution is -2.61. The lowest BCUT2D eigenvalue weighted by molar-refractivity contribution is -0.160. The monoisotopic (exact) mass is 1430 g/mol. The molecule has 102 heavy (non-hydrogen) atoms. The highest BCUT2D eigenvalue weighted by atomic mass is 16.6. The van der Waals surface area contributed by atoms with Crippen LogP contribution in [0.2, 0.25) is 0 Å². The van der Waals surface area contributed by atoms with Crippen LogP contribution in [-0.4, -0.2) is 230 Å². The summed E-state index contributed by atoms with van der Waals surface area (Å²) in [5, 5.41) is 78.9. The van der Waals surface area contributed by atoms with E-state index in [2.05, 4.69) is 47.9 Å². The van der Waals surface area contributed by atoms with Gasteiger partial charge in [-0.1, -0.05) is 83.5 Å². The number of cyclic esters (lactones) is 1. The van der Waals surface area contributed by atoms with Crippen LogP contribution in [0.4, 0.5) is 0 Å². The van der Waals surface area contributed by atoms with Crippen LogP contribution in [0.3, 0.4) is 0 Å². The molecule has 1 aromatic heterocycles. The molecule has 15 N–H and O–H groups in total. The molecule has 5 heterocycles. The molecular weight excluding hydrogens is 1340 g/mol. The summed E-state index contributed by atoms with van der Waals surface area (Å²) in [4.78, 5) is 182. The Morgan fingerprint density at radius 3 is 2.06 bits per heavy atom. The van der Waals surface area contributed by atoms with Crippen LogP contribution in [0, 0.1) is 17.8 Å². The molecule has 0 spiro atoms. The molecule has 4 aliphatic heterocycles. The fraction of sp³-hybridized carbons (Fsp3) is 0.574. The minimum atomic E-state index is -2.06. The normalized spacial score (nSPS) is 27.5. The Morgan fingerprint density at radius 1 is 0.755 bits per heavy atom. The Bertz CT molecular complexity index is 3570. The predicted octanol–water partition coefficient (Wildman–Crippen LogP) is -3.84. The maximum atomic E-state index is 15.4. The van der Waals surface area contributed by atoms with E-state index < -0.39 is 198 Å². The van der Waals surface area contributed by atoms with Gasteiger partial charge in [-0.25, -0.2) is 9.59 Å². The van der Waals surface area contributed by atoms with Gasteiger partial charge in [0, 0.05) is 64.3 Å². The third kappa shape index (κ3) is 22.8. The Labute approximate surface area is 588 Å². The topological polar surface area (TPSA) is 492 Å². The van der Waals surface area contributed by atoms with E-state index in [1.54, 1.807) is 58.0 Å². The van der Waals surface area contributed by atoms with Crippen molar-refractivity contribution in [3.8, 4) is 5.75 Å². The molecule has 34 heteroatoms. The minimum absolute atomic E-state index is 0.0535. The molecular formula is C68H96N12O22. The third-order valence-corrected chi connectivity index (χ3v) is 17.9. The molecule has 2 fully saturated rings. The van der Waals surface area contributed by atoms with Gasteiger partial charge < -0.3 is 97.2 Å². The smallest absolute Gasteiger partial charge is 0.332 e. The molecule has 0 unspecified atom stereocenters. The quantitative estimate of drug-likeness (QED) is 0.0338. The number of carbonyl (C=O) groups is 11. The minimum Gasteiger partial charge on any atom is -0.487 e. The van der Waals surface area contributed by atoms with Crippen LogP contribution in [-0.2, 0) is 73.4 Å². The number of aliphatic hydroxyl groups is 5. The molecule has 0 aliphatic carbocycles. The number of nitrogens with zero attached hydrogens (tertiary/aromatic N) is 2. The van der Waals surface area contributed by atoms with Gasteiger partial charge in [-0.3, -0.25) is 62.3 Å². The van der Waals surface area contributed by atoms with Gasteiger partial charge >= 0.3 is 17.6 Å². The first-order valence-electron chi connectivity index (χ1n) is 33.8. The van der Waals surface area contributed by atoms with Crippen molar-refractivity contribution in [2.24, 2.45) is 17.8 Å². The van der Waals surface area contributed by atoms with E-state index >= 15 is 9.59 Å². The lowest BCUT2D eigenvalue weighted by atomic mass is 9.93. The Morgan fingerprint density at radius 2 is 1.41 bits per heavy atom. The van der Waals surface area contributed by atoms with Crippen LogP contribution in [0.15, 0.2) is 88.6 Å². The average Bonchev–Trinajstić information content (AvgIpc) is 1.33. The fourth-order valence-electron chi connectivity index (χ4n) is 11.2. The third-order valence-electron chi connectivity index (χ3n) is 17.9. The lowest BCUT2D eigenvalue weighted by Gasteiger charge is -2.34. The van der Waals surface area contributed by atoms with Crippen molar-refractivity contribution >= 4 is 65.1 Å². The Balaban J connectivity index is 1.27. The van der Waals surface area contributed by atoms with Crippen LogP contribution in [0.1, 0.15) is 111 Å². The highest BCUT2D eigenvalue weighted by molar-refractivity contribution is 5.98. The summed E-state index contributed by atoms with van der Waals surface area (Å²) in [6, 6.07) is 4.50. The SMILES string of the molecule is CC[C@H](C)[C@H]1NC(=O)[C@@H](NC(=O)[C@H](C)[C@H](O)C(C)C)[C@@H](C)OC(=O)[C@@H]2COC(=O)CNC(=O)/C=C/[C@@](O)(CNCCCNC(=O)CCCC(=O)NC[C@H]3O[C@@H](n4ccc(=O)[nH]c4=O)[C@H](O)[C@@H]3O)[C@H](C)Oc3ccc(cc3)[C@H](NC1=O)C(=O)N(C)[C@@H](Cc1ccccc1)C(=O)N[C@H]([C@@H](C)O)C(=O)N2. The van der Waals surface area contributed by atoms with E-state index in [0.29, 0.717) is 12.0 Å². The average molecular weight is 1430 g/mol. The molecule has 34 nitrogen and oxygen atoms in total. The van der Waals surface area contributed by atoms with Gasteiger partial charge in [0.25, 0.3) is 5.56 Å². The first-order chi connectivity index (χ1) is 48.2. The highest BCUT2D eigenvalue weighted by Crippen LogP contribution is 2.29. The Kier molecular flexibility index (Phi) is 30.4. The maximum absolute atomic E-state index is 15.4. The second-order valence-corrected chi connectivity index (χ2v) is 26.1. The number of nitrogens with one attached hydrogen (secondary N) is 10. The molecule has 560 valence electrons. The number of fused-ring (bicyclic) bond motifs is 11. The molecule has 4 aliphatic rings. The number of H-pyrrole nitrogens is 1. The fourth-order valence-corrected chi connectivity index (χ4v) is 11.2. The Hall–Kier alpha value is -9.45. The summed E-state index contributed by atoms with van der Waals surface area (Å²) < 4.78 is 24.0. The summed E-state index contributed by atoms with van der Waals surface area (Å²) in [5.74, 6) is -12.8. The summed E-state index contributed by atoms with van der Waals surface area (Å²) in [7, 11) is 1.27. The number of ether oxygens (including phenoxy) is 4. The van der Waals surface area contributed by atoms with Crippen LogP contribution < -0.4 is 63.8 Å². The molecule has 9 amide bonds. The van der Waals surface area contributed by atoms with Crippen LogP contribution in [0.25, 0.3) is 0 Å². The second kappa shape index (κ2) is 38.0. The summed E-state index contributed by atoms with van der Waals surface area (Å²) >= 11 is 0. The molecule has 0 radical (unpaired) electrons. The van der Waals surface area contributed by atoms with Gasteiger partial charge in [-0.15, -0.1) is 0 Å². The first kappa shape index (κ1) is 81.5. The van der Waals surface area contributed by atoms with Gasteiger partial charge in [0.2, 0.25) is 53.2 Å². The van der Waals surface area contributed by atoms with E-state index in [-0.39, 0.29) is 69.6 Å². The van der Waals surface area contributed by atoms with E-state index in [4.69, 9.17) is 18.9 Å². The van der Waals surface area contributed by atoms with Crippen molar-refractivity contribution in [3.05, 3.63) is 111 Å². The van der Waals surface area contributed by atoms with Crippen molar-refractivity contribution in [1.82, 2.24) is 62.3 Å². The van der Waals surface area contributed by atoms with Gasteiger partial charge in [-0.05, 0) is 81.3 Å². The van der Waals surface area contributed by atoms with Gasteiger partial charge in [0.05, 0.1) is 18.1 Å². The molecule has 0 saturated carbocycles.